The molecule has 0 radical (unpaired) electrons. The van der Waals surface area contributed by atoms with Gasteiger partial charge in [-0.1, -0.05) is 12.1 Å². The van der Waals surface area contributed by atoms with Crippen molar-refractivity contribution in [2.45, 2.75) is 13.0 Å². The first-order valence-corrected chi connectivity index (χ1v) is 10.4. The number of hydrogen-bond donors (Lipinski definition) is 2. The standard InChI is InChI=1S/C24H27NO7/c1-3-32-19-10-6-17(7-11-19)22(27)20-21(16-4-8-18(30-2)9-5-16)25(24(29)23(20)28)12-14-31-15-13-26/h4-11,21,26-27H,3,12-15H2,1-2H3/b22-20+/t21-/m0/s1. The number of rotatable bonds is 10. The number of carbonyl (C=O) groups is 2. The van der Waals surface area contributed by atoms with E-state index in [0.29, 0.717) is 29.2 Å². The van der Waals surface area contributed by atoms with Crippen LogP contribution in [0.5, 0.6) is 11.5 Å². The zero-order chi connectivity index (χ0) is 23.1. The number of carbonyl (C=O) groups excluding carboxylic acids is 2. The molecule has 32 heavy (non-hydrogen) atoms. The molecule has 0 aromatic heterocycles. The molecule has 8 heteroatoms. The van der Waals surface area contributed by atoms with E-state index in [1.54, 1.807) is 55.6 Å². The molecule has 1 saturated heterocycles. The Morgan fingerprint density at radius 1 is 1.00 bits per heavy atom. The number of hydrogen-bond acceptors (Lipinski definition) is 7. The molecule has 1 atom stereocenters. The highest BCUT2D eigenvalue weighted by Gasteiger charge is 2.45. The fraction of sp³-hybridized carbons (Fsp3) is 0.333. The summed E-state index contributed by atoms with van der Waals surface area (Å²) in [4.78, 5) is 27.2. The summed E-state index contributed by atoms with van der Waals surface area (Å²) in [5.74, 6) is -0.475. The van der Waals surface area contributed by atoms with E-state index in [9.17, 15) is 14.7 Å². The number of amides is 1. The summed E-state index contributed by atoms with van der Waals surface area (Å²) in [5.41, 5.74) is 1.06. The van der Waals surface area contributed by atoms with E-state index in [-0.39, 0.29) is 37.7 Å². The lowest BCUT2D eigenvalue weighted by molar-refractivity contribution is -0.140. The van der Waals surface area contributed by atoms with Gasteiger partial charge >= 0.3 is 0 Å². The number of likely N-dealkylation sites (tertiary alicyclic amines) is 1. The van der Waals surface area contributed by atoms with E-state index in [4.69, 9.17) is 19.3 Å². The van der Waals surface area contributed by atoms with Gasteiger partial charge in [-0.05, 0) is 48.9 Å². The van der Waals surface area contributed by atoms with Gasteiger partial charge in [0.2, 0.25) is 0 Å². The maximum atomic E-state index is 13.0. The number of methoxy groups -OCH3 is 1. The van der Waals surface area contributed by atoms with E-state index < -0.39 is 17.7 Å². The van der Waals surface area contributed by atoms with E-state index in [2.05, 4.69) is 0 Å². The summed E-state index contributed by atoms with van der Waals surface area (Å²) in [6, 6.07) is 12.9. The van der Waals surface area contributed by atoms with Crippen molar-refractivity contribution in [3.63, 3.8) is 0 Å². The fourth-order valence-corrected chi connectivity index (χ4v) is 3.60. The molecule has 0 unspecified atom stereocenters. The second kappa shape index (κ2) is 10.8. The monoisotopic (exact) mass is 441 g/mol. The molecule has 0 saturated carbocycles. The number of aliphatic hydroxyl groups excluding tert-OH is 2. The third-order valence-corrected chi connectivity index (χ3v) is 5.12. The van der Waals surface area contributed by atoms with Gasteiger partial charge in [0.1, 0.15) is 17.3 Å². The lowest BCUT2D eigenvalue weighted by atomic mass is 9.95. The van der Waals surface area contributed by atoms with Gasteiger partial charge in [-0.15, -0.1) is 0 Å². The Balaban J connectivity index is 2.02. The van der Waals surface area contributed by atoms with Crippen LogP contribution in [0.3, 0.4) is 0 Å². The van der Waals surface area contributed by atoms with Crippen LogP contribution >= 0.6 is 0 Å². The van der Waals surface area contributed by atoms with Gasteiger partial charge in [-0.2, -0.15) is 0 Å². The van der Waals surface area contributed by atoms with Crippen molar-refractivity contribution in [1.29, 1.82) is 0 Å². The van der Waals surface area contributed by atoms with Crippen LogP contribution < -0.4 is 9.47 Å². The minimum absolute atomic E-state index is 0.00600. The van der Waals surface area contributed by atoms with Gasteiger partial charge in [0, 0.05) is 12.1 Å². The highest BCUT2D eigenvalue weighted by Crippen LogP contribution is 2.39. The van der Waals surface area contributed by atoms with Crippen LogP contribution in [0.15, 0.2) is 54.1 Å². The second-order valence-corrected chi connectivity index (χ2v) is 7.06. The van der Waals surface area contributed by atoms with Crippen LogP contribution in [-0.2, 0) is 14.3 Å². The molecule has 8 nitrogen and oxygen atoms in total. The number of ether oxygens (including phenoxy) is 3. The van der Waals surface area contributed by atoms with Crippen molar-refractivity contribution >= 4 is 17.4 Å². The van der Waals surface area contributed by atoms with Crippen molar-refractivity contribution in [1.82, 2.24) is 4.90 Å². The molecule has 2 aromatic carbocycles. The first-order valence-electron chi connectivity index (χ1n) is 10.4. The average Bonchev–Trinajstić information content (AvgIpc) is 3.07. The van der Waals surface area contributed by atoms with Crippen molar-refractivity contribution < 1.29 is 34.0 Å². The molecule has 1 aliphatic rings. The summed E-state index contributed by atoms with van der Waals surface area (Å²) < 4.78 is 15.9. The quantitative estimate of drug-likeness (QED) is 0.253. The number of ketones is 1. The smallest absolute Gasteiger partial charge is 0.295 e. The number of nitrogens with zero attached hydrogens (tertiary/aromatic N) is 1. The Labute approximate surface area is 186 Å². The third kappa shape index (κ3) is 4.92. The highest BCUT2D eigenvalue weighted by atomic mass is 16.5. The van der Waals surface area contributed by atoms with Gasteiger partial charge in [0.05, 0.1) is 45.2 Å². The molecular weight excluding hydrogens is 414 g/mol. The fourth-order valence-electron chi connectivity index (χ4n) is 3.60. The van der Waals surface area contributed by atoms with Crippen molar-refractivity contribution in [2.75, 3.05) is 40.1 Å². The molecule has 1 fully saturated rings. The van der Waals surface area contributed by atoms with E-state index >= 15 is 0 Å². The summed E-state index contributed by atoms with van der Waals surface area (Å²) in [6.45, 7) is 2.63. The minimum Gasteiger partial charge on any atom is -0.507 e. The van der Waals surface area contributed by atoms with E-state index in [0.717, 1.165) is 0 Å². The van der Waals surface area contributed by atoms with Crippen molar-refractivity contribution in [3.05, 3.63) is 65.2 Å². The van der Waals surface area contributed by atoms with Crippen LogP contribution in [0, 0.1) is 0 Å². The third-order valence-electron chi connectivity index (χ3n) is 5.12. The lowest BCUT2D eigenvalue weighted by Gasteiger charge is -2.25. The molecule has 1 aliphatic heterocycles. The van der Waals surface area contributed by atoms with Gasteiger partial charge in [-0.3, -0.25) is 9.59 Å². The molecule has 2 N–H and O–H groups in total. The predicted molar refractivity (Wildman–Crippen MR) is 118 cm³/mol. The van der Waals surface area contributed by atoms with Gasteiger partial charge in [0.15, 0.2) is 0 Å². The van der Waals surface area contributed by atoms with E-state index in [1.807, 2.05) is 6.92 Å². The molecule has 170 valence electrons. The van der Waals surface area contributed by atoms with Crippen LogP contribution in [0.25, 0.3) is 5.76 Å². The van der Waals surface area contributed by atoms with Crippen LogP contribution in [0.1, 0.15) is 24.1 Å². The Morgan fingerprint density at radius 2 is 1.66 bits per heavy atom. The lowest BCUT2D eigenvalue weighted by Crippen LogP contribution is -2.33. The first kappa shape index (κ1) is 23.3. The zero-order valence-corrected chi connectivity index (χ0v) is 18.1. The predicted octanol–water partition coefficient (Wildman–Crippen LogP) is 2.52. The SMILES string of the molecule is CCOc1ccc(/C(O)=C2\C(=O)C(=O)N(CCOCCO)[C@H]2c2ccc(OC)cc2)cc1. The molecule has 1 amide bonds. The molecule has 1 heterocycles. The molecular formula is C24H27NO7. The molecule has 0 bridgehead atoms. The van der Waals surface area contributed by atoms with Gasteiger partial charge < -0.3 is 29.3 Å². The second-order valence-electron chi connectivity index (χ2n) is 7.06. The van der Waals surface area contributed by atoms with Crippen molar-refractivity contribution in [2.24, 2.45) is 0 Å². The van der Waals surface area contributed by atoms with Crippen LogP contribution in [0.4, 0.5) is 0 Å². The highest BCUT2D eigenvalue weighted by molar-refractivity contribution is 6.46. The maximum absolute atomic E-state index is 13.0. The number of aliphatic hydroxyl groups is 2. The zero-order valence-electron chi connectivity index (χ0n) is 18.1. The van der Waals surface area contributed by atoms with Crippen molar-refractivity contribution in [3.8, 4) is 11.5 Å². The van der Waals surface area contributed by atoms with E-state index in [1.165, 1.54) is 4.90 Å². The molecule has 3 rings (SSSR count). The summed E-state index contributed by atoms with van der Waals surface area (Å²) in [7, 11) is 1.55. The summed E-state index contributed by atoms with van der Waals surface area (Å²) >= 11 is 0. The summed E-state index contributed by atoms with van der Waals surface area (Å²) in [6.07, 6.45) is 0. The van der Waals surface area contributed by atoms with Gasteiger partial charge in [0.25, 0.3) is 11.7 Å². The minimum atomic E-state index is -0.787. The Hall–Kier alpha value is -3.36. The first-order chi connectivity index (χ1) is 15.5. The van der Waals surface area contributed by atoms with Gasteiger partial charge in [-0.25, -0.2) is 0 Å². The Bertz CT molecular complexity index is 967. The number of Topliss-reactive ketones (excluding diaryl/α,β-unsaturated/α-hetero) is 1. The largest absolute Gasteiger partial charge is 0.507 e. The van der Waals surface area contributed by atoms with Crippen LogP contribution in [-0.4, -0.2) is 66.9 Å². The van der Waals surface area contributed by atoms with Crippen LogP contribution in [0.2, 0.25) is 0 Å². The normalized spacial score (nSPS) is 17.6. The average molecular weight is 441 g/mol. The Kier molecular flexibility index (Phi) is 7.86. The topological polar surface area (TPSA) is 106 Å². The number of benzene rings is 2. The molecule has 0 aliphatic carbocycles. The maximum Gasteiger partial charge on any atom is 0.295 e. The Morgan fingerprint density at radius 3 is 2.25 bits per heavy atom. The molecule has 2 aromatic rings. The molecule has 0 spiro atoms. The summed E-state index contributed by atoms with van der Waals surface area (Å²) in [5, 5.41) is 19.9.